The van der Waals surface area contributed by atoms with Gasteiger partial charge in [0.1, 0.15) is 19.8 Å². The molecule has 10 heteroatoms. The number of carbonyl (C=O) groups excluding carboxylic acids is 1. The zero-order chi connectivity index (χ0) is 28.0. The van der Waals surface area contributed by atoms with Gasteiger partial charge in [-0.2, -0.15) is 0 Å². The van der Waals surface area contributed by atoms with Crippen molar-refractivity contribution in [1.29, 1.82) is 0 Å². The fraction of sp³-hybridized carbons (Fsp3) is 0.926. The third-order valence-corrected chi connectivity index (χ3v) is 7.17. The second kappa shape index (κ2) is 22.3. The third kappa shape index (κ3) is 25.5. The molecular formula is C27H55NO7PS+. The van der Waals surface area contributed by atoms with Crippen LogP contribution in [0.4, 0.5) is 0 Å². The standard InChI is InChI=1S/C27H54NO7PS/c1-6-8-10-12-14-15-17-19-26(29)32-23-25(35-27(37)20-18-16-13-11-9-7-2)24-34-36(30,31)33-22-21-28(3,4)5/h25H,6-24H2,1-5H3/p+1/t25-/m1/s1. The van der Waals surface area contributed by atoms with Gasteiger partial charge in [-0.1, -0.05) is 84.5 Å². The lowest BCUT2D eigenvalue weighted by Gasteiger charge is -2.24. The first kappa shape index (κ1) is 36.4. The molecular weight excluding hydrogens is 513 g/mol. The summed E-state index contributed by atoms with van der Waals surface area (Å²) in [7, 11) is 1.61. The van der Waals surface area contributed by atoms with Gasteiger partial charge < -0.3 is 18.9 Å². The van der Waals surface area contributed by atoms with Crippen LogP contribution < -0.4 is 0 Å². The first-order chi connectivity index (χ1) is 17.5. The van der Waals surface area contributed by atoms with E-state index in [1.54, 1.807) is 0 Å². The van der Waals surface area contributed by atoms with E-state index in [-0.39, 0.29) is 25.8 Å². The van der Waals surface area contributed by atoms with E-state index in [1.807, 2.05) is 21.1 Å². The Morgan fingerprint density at radius 2 is 1.32 bits per heavy atom. The molecule has 0 amide bonds. The minimum absolute atomic E-state index is 0.0761. The average molecular weight is 569 g/mol. The number of phosphoric ester groups is 1. The summed E-state index contributed by atoms with van der Waals surface area (Å²) < 4.78 is 34.3. The lowest BCUT2D eigenvalue weighted by molar-refractivity contribution is -0.870. The molecule has 2 atom stereocenters. The topological polar surface area (TPSA) is 91.3 Å². The molecule has 0 saturated carbocycles. The van der Waals surface area contributed by atoms with Crippen molar-refractivity contribution in [3.8, 4) is 0 Å². The SMILES string of the molecule is CCCCCCCCCC(=O)OC[C@H](COP(=O)(O)OCC[N+](C)(C)C)OC(=S)CCCCCCCC. The van der Waals surface area contributed by atoms with Crippen molar-refractivity contribution < 1.29 is 37.3 Å². The fourth-order valence-corrected chi connectivity index (χ4v) is 4.56. The molecule has 0 spiro atoms. The summed E-state index contributed by atoms with van der Waals surface area (Å²) in [6, 6.07) is 0. The monoisotopic (exact) mass is 568 g/mol. The van der Waals surface area contributed by atoms with Crippen LogP contribution >= 0.6 is 20.0 Å². The average Bonchev–Trinajstić information content (AvgIpc) is 2.81. The molecule has 0 rings (SSSR count). The quantitative estimate of drug-likeness (QED) is 0.0415. The Morgan fingerprint density at radius 3 is 1.86 bits per heavy atom. The summed E-state index contributed by atoms with van der Waals surface area (Å²) in [6.07, 6.45) is 14.8. The maximum absolute atomic E-state index is 12.3. The normalized spacial score (nSPS) is 14.2. The molecule has 1 unspecified atom stereocenters. The predicted octanol–water partition coefficient (Wildman–Crippen LogP) is 6.97. The van der Waals surface area contributed by atoms with Crippen molar-refractivity contribution in [1.82, 2.24) is 0 Å². The van der Waals surface area contributed by atoms with Crippen LogP contribution in [0.25, 0.3) is 0 Å². The number of hydrogen-bond acceptors (Lipinski definition) is 7. The van der Waals surface area contributed by atoms with E-state index >= 15 is 0 Å². The molecule has 37 heavy (non-hydrogen) atoms. The number of rotatable bonds is 25. The van der Waals surface area contributed by atoms with Crippen molar-refractivity contribution in [2.24, 2.45) is 0 Å². The molecule has 0 aromatic carbocycles. The maximum Gasteiger partial charge on any atom is 0.472 e. The highest BCUT2D eigenvalue weighted by Crippen LogP contribution is 2.43. The van der Waals surface area contributed by atoms with Gasteiger partial charge in [-0.15, -0.1) is 0 Å². The van der Waals surface area contributed by atoms with E-state index in [0.29, 0.717) is 28.9 Å². The minimum atomic E-state index is -4.27. The molecule has 0 aliphatic rings. The molecule has 1 N–H and O–H groups in total. The van der Waals surface area contributed by atoms with Crippen LogP contribution in [0.3, 0.4) is 0 Å². The van der Waals surface area contributed by atoms with Gasteiger partial charge in [0, 0.05) is 12.8 Å². The van der Waals surface area contributed by atoms with E-state index < -0.39 is 13.9 Å². The van der Waals surface area contributed by atoms with Gasteiger partial charge in [-0.3, -0.25) is 13.8 Å². The highest BCUT2D eigenvalue weighted by Gasteiger charge is 2.26. The van der Waals surface area contributed by atoms with E-state index in [4.69, 9.17) is 30.7 Å². The van der Waals surface area contributed by atoms with Crippen LogP contribution in [0.1, 0.15) is 110 Å². The summed E-state index contributed by atoms with van der Waals surface area (Å²) in [6.45, 7) is 4.65. The van der Waals surface area contributed by atoms with Crippen molar-refractivity contribution in [3.05, 3.63) is 0 Å². The van der Waals surface area contributed by atoms with Gasteiger partial charge in [0.05, 0.1) is 27.7 Å². The molecule has 8 nitrogen and oxygen atoms in total. The summed E-state index contributed by atoms with van der Waals surface area (Å²) in [5.41, 5.74) is 0. The number of quaternary nitrogens is 1. The number of thiocarbonyl (C=S) groups is 1. The second-order valence-electron chi connectivity index (χ2n) is 10.8. The Kier molecular flexibility index (Phi) is 21.9. The molecule has 0 saturated heterocycles. The fourth-order valence-electron chi connectivity index (χ4n) is 3.54. The van der Waals surface area contributed by atoms with Gasteiger partial charge in [-0.05, 0) is 25.1 Å². The van der Waals surface area contributed by atoms with Gasteiger partial charge in [0.15, 0.2) is 11.2 Å². The molecule has 0 aromatic rings. The first-order valence-electron chi connectivity index (χ1n) is 14.3. The Bertz CT molecular complexity index is 643. The number of likely N-dealkylation sites (N-methyl/N-ethyl adjacent to an activating group) is 1. The Labute approximate surface area is 232 Å². The summed E-state index contributed by atoms with van der Waals surface area (Å²) in [5, 5.41) is 0.394. The van der Waals surface area contributed by atoms with E-state index in [1.165, 1.54) is 44.9 Å². The van der Waals surface area contributed by atoms with Gasteiger partial charge in [-0.25, -0.2) is 4.57 Å². The molecule has 0 fully saturated rings. The smallest absolute Gasteiger partial charge is 0.472 e. The minimum Gasteiger partial charge on any atom is -0.478 e. The number of nitrogens with zero attached hydrogens (tertiary/aromatic N) is 1. The lowest BCUT2D eigenvalue weighted by Crippen LogP contribution is -2.37. The number of carbonyl (C=O) groups is 1. The zero-order valence-corrected chi connectivity index (χ0v) is 25.9. The van der Waals surface area contributed by atoms with Crippen molar-refractivity contribution >= 4 is 31.1 Å². The third-order valence-electron chi connectivity index (χ3n) is 5.89. The molecule has 0 radical (unpaired) electrons. The molecule has 0 aromatic heterocycles. The number of phosphoric acid groups is 1. The number of hydrogen-bond donors (Lipinski definition) is 1. The Morgan fingerprint density at radius 1 is 0.811 bits per heavy atom. The zero-order valence-electron chi connectivity index (χ0n) is 24.2. The lowest BCUT2D eigenvalue weighted by atomic mass is 10.1. The van der Waals surface area contributed by atoms with Crippen LogP contribution in [-0.2, 0) is 27.9 Å². The molecule has 220 valence electrons. The van der Waals surface area contributed by atoms with Crippen molar-refractivity contribution in [3.63, 3.8) is 0 Å². The highest BCUT2D eigenvalue weighted by molar-refractivity contribution is 7.80. The number of ether oxygens (including phenoxy) is 2. The van der Waals surface area contributed by atoms with Gasteiger partial charge in [0.25, 0.3) is 0 Å². The largest absolute Gasteiger partial charge is 0.478 e. The molecule has 0 heterocycles. The van der Waals surface area contributed by atoms with Crippen LogP contribution in [0.2, 0.25) is 0 Å². The van der Waals surface area contributed by atoms with Gasteiger partial charge >= 0.3 is 13.8 Å². The Hall–Kier alpha value is -0.570. The summed E-state index contributed by atoms with van der Waals surface area (Å²) in [4.78, 5) is 22.3. The van der Waals surface area contributed by atoms with Crippen LogP contribution in [-0.4, -0.2) is 74.0 Å². The second-order valence-corrected chi connectivity index (χ2v) is 12.7. The predicted molar refractivity (Wildman–Crippen MR) is 154 cm³/mol. The van der Waals surface area contributed by atoms with Crippen molar-refractivity contribution in [2.75, 3.05) is 47.5 Å². The molecule has 0 aliphatic heterocycles. The summed E-state index contributed by atoms with van der Waals surface area (Å²) >= 11 is 5.38. The van der Waals surface area contributed by atoms with E-state index in [9.17, 15) is 14.3 Å². The van der Waals surface area contributed by atoms with Crippen molar-refractivity contribution in [2.45, 2.75) is 116 Å². The maximum atomic E-state index is 12.3. The van der Waals surface area contributed by atoms with Crippen LogP contribution in [0.5, 0.6) is 0 Å². The number of esters is 1. The van der Waals surface area contributed by atoms with E-state index in [2.05, 4.69) is 13.8 Å². The first-order valence-corrected chi connectivity index (χ1v) is 16.2. The summed E-state index contributed by atoms with van der Waals surface area (Å²) in [5.74, 6) is -0.310. The van der Waals surface area contributed by atoms with Crippen LogP contribution in [0.15, 0.2) is 0 Å². The Balaban J connectivity index is 4.58. The molecule has 0 aliphatic carbocycles. The number of unbranched alkanes of at least 4 members (excludes halogenated alkanes) is 11. The highest BCUT2D eigenvalue weighted by atomic mass is 32.1. The molecule has 0 bridgehead atoms. The van der Waals surface area contributed by atoms with Crippen LogP contribution in [0, 0.1) is 0 Å². The van der Waals surface area contributed by atoms with E-state index in [0.717, 1.165) is 38.5 Å². The van der Waals surface area contributed by atoms with Gasteiger partial charge in [0.2, 0.25) is 0 Å².